The van der Waals surface area contributed by atoms with Crippen LogP contribution in [0, 0.1) is 6.92 Å². The Balaban J connectivity index is 2.57. The van der Waals surface area contributed by atoms with E-state index in [-0.39, 0.29) is 0 Å². The molecule has 88 valence electrons. The van der Waals surface area contributed by atoms with Crippen molar-refractivity contribution < 1.29 is 9.53 Å². The largest absolute Gasteiger partial charge is 0.377 e. The number of nitrogens with two attached hydrogens (primary N) is 2. The summed E-state index contributed by atoms with van der Waals surface area (Å²) in [5.74, 6) is -0.404. The van der Waals surface area contributed by atoms with Crippen molar-refractivity contribution in [1.82, 2.24) is 0 Å². The molecule has 0 unspecified atom stereocenters. The Kier molecular flexibility index (Phi) is 4.95. The van der Waals surface area contributed by atoms with E-state index < -0.39 is 5.91 Å². The lowest BCUT2D eigenvalue weighted by Gasteiger charge is -2.07. The number of ether oxygens (including phenoxy) is 1. The van der Waals surface area contributed by atoms with Gasteiger partial charge in [-0.15, -0.1) is 0 Å². The summed E-state index contributed by atoms with van der Waals surface area (Å²) in [6, 6.07) is 5.37. The first-order valence-corrected chi connectivity index (χ1v) is 5.32. The van der Waals surface area contributed by atoms with Crippen LogP contribution in [0.3, 0.4) is 0 Å². The number of benzene rings is 1. The molecule has 0 aliphatic carbocycles. The molecule has 16 heavy (non-hydrogen) atoms. The van der Waals surface area contributed by atoms with Crippen molar-refractivity contribution in [3.63, 3.8) is 0 Å². The van der Waals surface area contributed by atoms with Crippen LogP contribution in [0.25, 0.3) is 0 Å². The van der Waals surface area contributed by atoms with Crippen LogP contribution in [0.5, 0.6) is 0 Å². The van der Waals surface area contributed by atoms with E-state index >= 15 is 0 Å². The van der Waals surface area contributed by atoms with Gasteiger partial charge in [0.2, 0.25) is 5.91 Å². The summed E-state index contributed by atoms with van der Waals surface area (Å²) in [4.78, 5) is 10.9. The van der Waals surface area contributed by atoms with Crippen LogP contribution in [0.4, 0.5) is 0 Å². The highest BCUT2D eigenvalue weighted by Crippen LogP contribution is 2.12. The molecule has 0 atom stereocenters. The molecule has 0 aliphatic rings. The van der Waals surface area contributed by atoms with Crippen molar-refractivity contribution in [2.24, 2.45) is 11.5 Å². The van der Waals surface area contributed by atoms with Crippen LogP contribution >= 0.6 is 0 Å². The third-order valence-corrected chi connectivity index (χ3v) is 2.38. The Labute approximate surface area is 95.6 Å². The standard InChI is InChI=1S/C12H18N2O2/c1-9-7-10(12(14)15)3-4-11(9)8-16-6-2-5-13/h3-4,7H,2,5-6,8,13H2,1H3,(H2,14,15). The molecule has 1 aromatic carbocycles. The maximum Gasteiger partial charge on any atom is 0.248 e. The average Bonchev–Trinajstić information content (AvgIpc) is 2.26. The summed E-state index contributed by atoms with van der Waals surface area (Å²) in [6.45, 7) is 3.78. The molecule has 0 saturated heterocycles. The molecule has 0 aromatic heterocycles. The molecule has 0 heterocycles. The second kappa shape index (κ2) is 6.25. The number of hydrogen-bond acceptors (Lipinski definition) is 3. The number of primary amides is 1. The molecule has 0 spiro atoms. The molecule has 0 fully saturated rings. The lowest BCUT2D eigenvalue weighted by Crippen LogP contribution is -2.11. The minimum Gasteiger partial charge on any atom is -0.377 e. The van der Waals surface area contributed by atoms with Gasteiger partial charge in [-0.1, -0.05) is 6.07 Å². The molecule has 1 aromatic rings. The molecular formula is C12H18N2O2. The summed E-state index contributed by atoms with van der Waals surface area (Å²) in [7, 11) is 0. The van der Waals surface area contributed by atoms with E-state index in [1.807, 2.05) is 13.0 Å². The molecule has 4 N–H and O–H groups in total. The Hall–Kier alpha value is -1.39. The van der Waals surface area contributed by atoms with Gasteiger partial charge in [-0.25, -0.2) is 0 Å². The molecule has 4 nitrogen and oxygen atoms in total. The summed E-state index contributed by atoms with van der Waals surface area (Å²) in [6.07, 6.45) is 0.860. The first-order valence-electron chi connectivity index (χ1n) is 5.32. The fourth-order valence-corrected chi connectivity index (χ4v) is 1.38. The van der Waals surface area contributed by atoms with Gasteiger partial charge in [0.05, 0.1) is 6.61 Å². The van der Waals surface area contributed by atoms with Crippen molar-refractivity contribution in [3.8, 4) is 0 Å². The van der Waals surface area contributed by atoms with Gasteiger partial charge in [0, 0.05) is 12.2 Å². The van der Waals surface area contributed by atoms with Crippen molar-refractivity contribution in [3.05, 3.63) is 34.9 Å². The van der Waals surface area contributed by atoms with Gasteiger partial charge in [-0.2, -0.15) is 0 Å². The zero-order valence-corrected chi connectivity index (χ0v) is 9.53. The molecule has 0 radical (unpaired) electrons. The highest BCUT2D eigenvalue weighted by atomic mass is 16.5. The average molecular weight is 222 g/mol. The van der Waals surface area contributed by atoms with Gasteiger partial charge >= 0.3 is 0 Å². The number of amides is 1. The van der Waals surface area contributed by atoms with E-state index in [1.165, 1.54) is 0 Å². The maximum atomic E-state index is 10.9. The summed E-state index contributed by atoms with van der Waals surface area (Å²) < 4.78 is 5.45. The quantitative estimate of drug-likeness (QED) is 0.704. The smallest absolute Gasteiger partial charge is 0.248 e. The van der Waals surface area contributed by atoms with Crippen molar-refractivity contribution >= 4 is 5.91 Å². The second-order valence-electron chi connectivity index (χ2n) is 3.70. The van der Waals surface area contributed by atoms with Crippen molar-refractivity contribution in [2.75, 3.05) is 13.2 Å². The summed E-state index contributed by atoms with van der Waals surface area (Å²) in [5, 5.41) is 0. The number of hydrogen-bond donors (Lipinski definition) is 2. The van der Waals surface area contributed by atoms with Crippen LogP contribution in [-0.2, 0) is 11.3 Å². The lowest BCUT2D eigenvalue weighted by atomic mass is 10.1. The van der Waals surface area contributed by atoms with Crippen LogP contribution < -0.4 is 11.5 Å². The summed E-state index contributed by atoms with van der Waals surface area (Å²) >= 11 is 0. The number of carbonyl (C=O) groups is 1. The molecule has 1 rings (SSSR count). The SMILES string of the molecule is Cc1cc(C(N)=O)ccc1COCCCN. The minimum atomic E-state index is -0.404. The van der Waals surface area contributed by atoms with Gasteiger partial charge in [-0.05, 0) is 43.1 Å². The highest BCUT2D eigenvalue weighted by molar-refractivity contribution is 5.93. The van der Waals surface area contributed by atoms with Crippen molar-refractivity contribution in [1.29, 1.82) is 0 Å². The van der Waals surface area contributed by atoms with Crippen LogP contribution in [0.2, 0.25) is 0 Å². The first kappa shape index (κ1) is 12.7. The number of rotatable bonds is 6. The van der Waals surface area contributed by atoms with Gasteiger partial charge < -0.3 is 16.2 Å². The molecule has 1 amide bonds. The van der Waals surface area contributed by atoms with Gasteiger partial charge in [0.1, 0.15) is 0 Å². The molecular weight excluding hydrogens is 204 g/mol. The van der Waals surface area contributed by atoms with Crippen LogP contribution in [-0.4, -0.2) is 19.1 Å². The van der Waals surface area contributed by atoms with Crippen LogP contribution in [0.1, 0.15) is 27.9 Å². The van der Waals surface area contributed by atoms with Crippen LogP contribution in [0.15, 0.2) is 18.2 Å². The first-order chi connectivity index (χ1) is 7.65. The maximum absolute atomic E-state index is 10.9. The third kappa shape index (κ3) is 3.64. The lowest BCUT2D eigenvalue weighted by molar-refractivity contribution is 0.0999. The van der Waals surface area contributed by atoms with Gasteiger partial charge in [0.25, 0.3) is 0 Å². The van der Waals surface area contributed by atoms with E-state index in [0.717, 1.165) is 17.5 Å². The molecule has 0 aliphatic heterocycles. The minimum absolute atomic E-state index is 0.404. The number of aryl methyl sites for hydroxylation is 1. The molecule has 0 bridgehead atoms. The summed E-state index contributed by atoms with van der Waals surface area (Å²) in [5.41, 5.74) is 13.2. The fourth-order valence-electron chi connectivity index (χ4n) is 1.38. The van der Waals surface area contributed by atoms with E-state index in [4.69, 9.17) is 16.2 Å². The highest BCUT2D eigenvalue weighted by Gasteiger charge is 2.03. The Bertz CT molecular complexity index is 364. The fraction of sp³-hybridized carbons (Fsp3) is 0.417. The van der Waals surface area contributed by atoms with E-state index in [1.54, 1.807) is 12.1 Å². The molecule has 0 saturated carbocycles. The van der Waals surface area contributed by atoms with Gasteiger partial charge in [0.15, 0.2) is 0 Å². The zero-order chi connectivity index (χ0) is 12.0. The second-order valence-corrected chi connectivity index (χ2v) is 3.70. The van der Waals surface area contributed by atoms with E-state index in [9.17, 15) is 4.79 Å². The van der Waals surface area contributed by atoms with E-state index in [2.05, 4.69) is 0 Å². The topological polar surface area (TPSA) is 78.3 Å². The van der Waals surface area contributed by atoms with Crippen molar-refractivity contribution in [2.45, 2.75) is 20.0 Å². The van der Waals surface area contributed by atoms with Gasteiger partial charge in [-0.3, -0.25) is 4.79 Å². The van der Waals surface area contributed by atoms with E-state index in [0.29, 0.717) is 25.3 Å². The predicted octanol–water partition coefficient (Wildman–Crippen LogP) is 0.959. The third-order valence-electron chi connectivity index (χ3n) is 2.38. The monoisotopic (exact) mass is 222 g/mol. The Morgan fingerprint density at radius 1 is 1.44 bits per heavy atom. The predicted molar refractivity (Wildman–Crippen MR) is 63.0 cm³/mol. The molecule has 4 heteroatoms. The zero-order valence-electron chi connectivity index (χ0n) is 9.53. The normalized spacial score (nSPS) is 10.4. The Morgan fingerprint density at radius 3 is 2.75 bits per heavy atom. The Morgan fingerprint density at radius 2 is 2.19 bits per heavy atom. The number of carbonyl (C=O) groups excluding carboxylic acids is 1.